The average molecular weight is 1280 g/mol. The molecule has 0 radical (unpaired) electrons. The molecular formula is C96H66N4. The monoisotopic (exact) mass is 1270 g/mol. The molecule has 0 amide bonds. The lowest BCUT2D eigenvalue weighted by atomic mass is 9.95. The van der Waals surface area contributed by atoms with Gasteiger partial charge >= 0.3 is 0 Å². The molecule has 0 heterocycles. The molecule has 18 rings (SSSR count). The van der Waals surface area contributed by atoms with Gasteiger partial charge in [-0.2, -0.15) is 0 Å². The van der Waals surface area contributed by atoms with Crippen molar-refractivity contribution in [2.24, 2.45) is 0 Å². The lowest BCUT2D eigenvalue weighted by molar-refractivity contribution is 1.28. The van der Waals surface area contributed by atoms with Gasteiger partial charge in [0.25, 0.3) is 0 Å². The first-order chi connectivity index (χ1) is 49.6. The molecule has 0 aliphatic rings. The Morgan fingerprint density at radius 2 is 0.400 bits per heavy atom. The van der Waals surface area contributed by atoms with Crippen LogP contribution in [0.4, 0.5) is 68.2 Å². The van der Waals surface area contributed by atoms with Crippen molar-refractivity contribution in [2.45, 2.75) is 0 Å². The second-order valence-electron chi connectivity index (χ2n) is 25.7. The minimum atomic E-state index is 1.07. The molecule has 0 aromatic heterocycles. The molecule has 0 unspecified atom stereocenters. The molecule has 18 aromatic rings. The van der Waals surface area contributed by atoms with E-state index in [4.69, 9.17) is 0 Å². The maximum atomic E-state index is 2.41. The molecular weight excluding hydrogens is 1210 g/mol. The number of benzene rings is 18. The van der Waals surface area contributed by atoms with Gasteiger partial charge in [-0.05, 0) is 227 Å². The highest BCUT2D eigenvalue weighted by Gasteiger charge is 2.22. The predicted molar refractivity (Wildman–Crippen MR) is 427 cm³/mol. The molecule has 0 saturated carbocycles. The Labute approximate surface area is 582 Å². The Bertz CT molecular complexity index is 6020. The molecule has 18 aromatic carbocycles. The van der Waals surface area contributed by atoms with Gasteiger partial charge in [0.05, 0.1) is 11.4 Å². The first kappa shape index (κ1) is 59.2. The Balaban J connectivity index is 0.661. The second-order valence-corrected chi connectivity index (χ2v) is 25.7. The second kappa shape index (κ2) is 25.7. The third kappa shape index (κ3) is 11.2. The van der Waals surface area contributed by atoms with Crippen molar-refractivity contribution in [1.29, 1.82) is 0 Å². The molecule has 4 heteroatoms. The molecule has 0 aliphatic heterocycles. The minimum absolute atomic E-state index is 1.07. The first-order valence-corrected chi connectivity index (χ1v) is 34.3. The molecule has 0 aliphatic carbocycles. The van der Waals surface area contributed by atoms with Gasteiger partial charge in [0.2, 0.25) is 0 Å². The van der Waals surface area contributed by atoms with E-state index in [1.54, 1.807) is 0 Å². The van der Waals surface area contributed by atoms with Crippen LogP contribution in [-0.4, -0.2) is 0 Å². The van der Waals surface area contributed by atoms with Crippen LogP contribution in [-0.2, 0) is 0 Å². The molecule has 0 atom stereocenters. The number of fused-ring (bicyclic) bond motifs is 8. The topological polar surface area (TPSA) is 13.0 Å². The predicted octanol–water partition coefficient (Wildman–Crippen LogP) is 27.5. The molecule has 4 nitrogen and oxygen atoms in total. The van der Waals surface area contributed by atoms with Crippen molar-refractivity contribution in [3.8, 4) is 33.4 Å². The summed E-state index contributed by atoms with van der Waals surface area (Å²) in [6.07, 6.45) is 0. The summed E-state index contributed by atoms with van der Waals surface area (Å²) in [5, 5.41) is 14.5. The van der Waals surface area contributed by atoms with Crippen molar-refractivity contribution in [3.05, 3.63) is 400 Å². The maximum Gasteiger partial charge on any atom is 0.0546 e. The van der Waals surface area contributed by atoms with Crippen molar-refractivity contribution in [3.63, 3.8) is 0 Å². The quantitative estimate of drug-likeness (QED) is 0.0949. The first-order valence-electron chi connectivity index (χ1n) is 34.3. The fraction of sp³-hybridized carbons (Fsp3) is 0. The SMILES string of the molecule is c1ccc(N(c2ccc(-c3ccc(N(c4cccc(-c5ccc6cc(N(c7ccccc7)c7ccc(-c8ccc(N(c9ccccc9)c9cc%10ccccc%10c%10ccccc9%10)cc8)cc7)c7ccccc7c6c5)c4)c4ccc5ccccc5c4)cc3)cc2)c2ccc3ccccc3c2)cc1. The van der Waals surface area contributed by atoms with Gasteiger partial charge in [-0.15, -0.1) is 0 Å². The van der Waals surface area contributed by atoms with Crippen LogP contribution in [0.3, 0.4) is 0 Å². The van der Waals surface area contributed by atoms with E-state index in [1.165, 1.54) is 64.6 Å². The fourth-order valence-corrected chi connectivity index (χ4v) is 14.8. The van der Waals surface area contributed by atoms with Gasteiger partial charge in [0.1, 0.15) is 0 Å². The molecule has 100 heavy (non-hydrogen) atoms. The van der Waals surface area contributed by atoms with Crippen LogP contribution >= 0.6 is 0 Å². The van der Waals surface area contributed by atoms with E-state index in [0.29, 0.717) is 0 Å². The average Bonchev–Trinajstić information content (AvgIpc) is 0.754. The van der Waals surface area contributed by atoms with Crippen molar-refractivity contribution in [2.75, 3.05) is 19.6 Å². The number of hydrogen-bond donors (Lipinski definition) is 0. The Morgan fingerprint density at radius 1 is 0.120 bits per heavy atom. The highest BCUT2D eigenvalue weighted by molar-refractivity contribution is 6.16. The molecule has 0 bridgehead atoms. The summed E-state index contributed by atoms with van der Waals surface area (Å²) in [5.41, 5.74) is 20.0. The van der Waals surface area contributed by atoms with E-state index < -0.39 is 0 Å². The van der Waals surface area contributed by atoms with Gasteiger partial charge in [-0.25, -0.2) is 0 Å². The van der Waals surface area contributed by atoms with E-state index in [9.17, 15) is 0 Å². The summed E-state index contributed by atoms with van der Waals surface area (Å²) in [4.78, 5) is 9.53. The van der Waals surface area contributed by atoms with Crippen LogP contribution in [0, 0.1) is 0 Å². The number of rotatable bonds is 15. The third-order valence-corrected chi connectivity index (χ3v) is 19.7. The van der Waals surface area contributed by atoms with Gasteiger partial charge in [-0.1, -0.05) is 261 Å². The zero-order chi connectivity index (χ0) is 66.3. The standard InChI is InChI=1S/C96H66N4/c1-4-27-79(28-5-1)97(87-59-49-67-21-10-12-23-73(67)61-87)82-51-41-69(42-52-82)70-43-53-83(54-44-70)98(88-60-50-68-22-11-13-24-74(68)62-88)86-33-20-26-75(63-86)76-39-40-78-66-96(93-38-19-17-36-91(93)94(78)64-76)100(81-31-8-3-9-32-81)85-57-47-72(48-58-85)71-45-55-84(56-46-71)99(80-29-6-2-7-30-80)95-65-77-25-14-15-34-89(77)90-35-16-18-37-92(90)95/h1-66H. The largest absolute Gasteiger partial charge is 0.310 e. The number of anilines is 12. The number of para-hydroxylation sites is 3. The summed E-state index contributed by atoms with van der Waals surface area (Å²) < 4.78 is 0. The van der Waals surface area contributed by atoms with Crippen LogP contribution in [0.1, 0.15) is 0 Å². The summed E-state index contributed by atoms with van der Waals surface area (Å²) in [6, 6.07) is 146. The van der Waals surface area contributed by atoms with Gasteiger partial charge < -0.3 is 19.6 Å². The summed E-state index contributed by atoms with van der Waals surface area (Å²) in [7, 11) is 0. The van der Waals surface area contributed by atoms with Crippen molar-refractivity contribution in [1.82, 2.24) is 0 Å². The van der Waals surface area contributed by atoms with Crippen molar-refractivity contribution < 1.29 is 0 Å². The van der Waals surface area contributed by atoms with Gasteiger partial charge in [0.15, 0.2) is 0 Å². The van der Waals surface area contributed by atoms with E-state index in [1.807, 2.05) is 0 Å². The molecule has 0 N–H and O–H groups in total. The third-order valence-electron chi connectivity index (χ3n) is 19.7. The molecule has 0 saturated heterocycles. The maximum absolute atomic E-state index is 2.41. The smallest absolute Gasteiger partial charge is 0.0546 e. The normalized spacial score (nSPS) is 11.4. The van der Waals surface area contributed by atoms with Crippen molar-refractivity contribution >= 4 is 133 Å². The van der Waals surface area contributed by atoms with Gasteiger partial charge in [0, 0.05) is 67.6 Å². The lowest BCUT2D eigenvalue weighted by Crippen LogP contribution is -2.11. The van der Waals surface area contributed by atoms with Crippen LogP contribution < -0.4 is 19.6 Å². The highest BCUT2D eigenvalue weighted by atomic mass is 15.2. The Morgan fingerprint density at radius 3 is 0.860 bits per heavy atom. The highest BCUT2D eigenvalue weighted by Crippen LogP contribution is 2.47. The van der Waals surface area contributed by atoms with E-state index in [0.717, 1.165) is 102 Å². The zero-order valence-corrected chi connectivity index (χ0v) is 54.9. The van der Waals surface area contributed by atoms with E-state index in [2.05, 4.69) is 420 Å². The zero-order valence-electron chi connectivity index (χ0n) is 54.9. The number of hydrogen-bond acceptors (Lipinski definition) is 4. The molecule has 470 valence electrons. The molecule has 0 spiro atoms. The van der Waals surface area contributed by atoms with E-state index >= 15 is 0 Å². The Kier molecular flexibility index (Phi) is 15.2. The van der Waals surface area contributed by atoms with Crippen LogP contribution in [0.2, 0.25) is 0 Å². The van der Waals surface area contributed by atoms with Crippen LogP contribution in [0.25, 0.3) is 98.0 Å². The minimum Gasteiger partial charge on any atom is -0.310 e. The van der Waals surface area contributed by atoms with E-state index in [-0.39, 0.29) is 0 Å². The number of nitrogens with zero attached hydrogens (tertiary/aromatic N) is 4. The summed E-state index contributed by atoms with van der Waals surface area (Å²) in [5.74, 6) is 0. The van der Waals surface area contributed by atoms with Crippen LogP contribution in [0.15, 0.2) is 400 Å². The lowest BCUT2D eigenvalue weighted by Gasteiger charge is -2.28. The Hall–Kier alpha value is -13.3. The van der Waals surface area contributed by atoms with Crippen LogP contribution in [0.5, 0.6) is 0 Å². The van der Waals surface area contributed by atoms with Gasteiger partial charge in [-0.3, -0.25) is 0 Å². The summed E-state index contributed by atoms with van der Waals surface area (Å²) in [6.45, 7) is 0. The fourth-order valence-electron chi connectivity index (χ4n) is 14.8. The summed E-state index contributed by atoms with van der Waals surface area (Å²) >= 11 is 0. The molecule has 0 fully saturated rings.